The zero-order chi connectivity index (χ0) is 15.1. The molecule has 2 rings (SSSR count). The minimum atomic E-state index is 0.333. The van der Waals surface area contributed by atoms with Crippen LogP contribution in [0.2, 0.25) is 0 Å². The van der Waals surface area contributed by atoms with Gasteiger partial charge < -0.3 is 10.5 Å². The molecule has 0 saturated heterocycles. The standard InChI is InChI=1S/C18H22BrNO/c1-2-10-21-18-5-3-4-14(12-18)11-16(13-20)15-6-8-17(19)9-7-15/h3-9,12,16H,2,10-11,13,20H2,1H3. The molecule has 2 N–H and O–H groups in total. The molecule has 0 aliphatic carbocycles. The van der Waals surface area contributed by atoms with E-state index >= 15 is 0 Å². The van der Waals surface area contributed by atoms with Crippen molar-refractivity contribution in [3.05, 3.63) is 64.1 Å². The maximum atomic E-state index is 5.97. The largest absolute Gasteiger partial charge is 0.494 e. The SMILES string of the molecule is CCCOc1cccc(CC(CN)c2ccc(Br)cc2)c1. The highest BCUT2D eigenvalue weighted by Crippen LogP contribution is 2.24. The lowest BCUT2D eigenvalue weighted by atomic mass is 9.92. The molecule has 0 amide bonds. The van der Waals surface area contributed by atoms with Gasteiger partial charge in [-0.3, -0.25) is 0 Å². The van der Waals surface area contributed by atoms with Crippen molar-refractivity contribution in [2.24, 2.45) is 5.73 Å². The van der Waals surface area contributed by atoms with Crippen molar-refractivity contribution >= 4 is 15.9 Å². The van der Waals surface area contributed by atoms with E-state index in [2.05, 4.69) is 65.3 Å². The first-order chi connectivity index (χ1) is 10.2. The van der Waals surface area contributed by atoms with Gasteiger partial charge in [0, 0.05) is 10.4 Å². The Balaban J connectivity index is 2.09. The van der Waals surface area contributed by atoms with Crippen LogP contribution in [0.3, 0.4) is 0 Å². The number of hydrogen-bond acceptors (Lipinski definition) is 2. The lowest BCUT2D eigenvalue weighted by Crippen LogP contribution is -2.15. The van der Waals surface area contributed by atoms with Gasteiger partial charge in [-0.15, -0.1) is 0 Å². The zero-order valence-corrected chi connectivity index (χ0v) is 14.0. The zero-order valence-electron chi connectivity index (χ0n) is 12.4. The summed E-state index contributed by atoms with van der Waals surface area (Å²) in [6.07, 6.45) is 1.95. The van der Waals surface area contributed by atoms with Gasteiger partial charge in [-0.05, 0) is 54.8 Å². The number of benzene rings is 2. The van der Waals surface area contributed by atoms with Crippen LogP contribution < -0.4 is 10.5 Å². The van der Waals surface area contributed by atoms with Crippen molar-refractivity contribution in [2.75, 3.05) is 13.2 Å². The van der Waals surface area contributed by atoms with Gasteiger partial charge in [-0.1, -0.05) is 47.1 Å². The monoisotopic (exact) mass is 347 g/mol. The first-order valence-electron chi connectivity index (χ1n) is 7.40. The molecule has 3 heteroatoms. The molecule has 112 valence electrons. The molecule has 0 spiro atoms. The Morgan fingerprint density at radius 2 is 1.90 bits per heavy atom. The van der Waals surface area contributed by atoms with Gasteiger partial charge >= 0.3 is 0 Å². The maximum Gasteiger partial charge on any atom is 0.119 e. The van der Waals surface area contributed by atoms with E-state index < -0.39 is 0 Å². The summed E-state index contributed by atoms with van der Waals surface area (Å²) in [5.41, 5.74) is 8.51. The molecule has 0 saturated carbocycles. The third-order valence-electron chi connectivity index (χ3n) is 3.48. The number of hydrogen-bond donors (Lipinski definition) is 1. The van der Waals surface area contributed by atoms with Crippen LogP contribution in [-0.4, -0.2) is 13.2 Å². The quantitative estimate of drug-likeness (QED) is 0.798. The molecular formula is C18H22BrNO. The fourth-order valence-corrected chi connectivity index (χ4v) is 2.60. The first kappa shape index (κ1) is 16.1. The summed E-state index contributed by atoms with van der Waals surface area (Å²) in [6.45, 7) is 3.51. The molecule has 0 aliphatic rings. The second kappa shape index (κ2) is 8.20. The van der Waals surface area contributed by atoms with Gasteiger partial charge in [0.15, 0.2) is 0 Å². The van der Waals surface area contributed by atoms with Crippen LogP contribution in [0.4, 0.5) is 0 Å². The smallest absolute Gasteiger partial charge is 0.119 e. The predicted octanol–water partition coefficient (Wildman–Crippen LogP) is 4.52. The molecule has 0 fully saturated rings. The fraction of sp³-hybridized carbons (Fsp3) is 0.333. The number of nitrogens with two attached hydrogens (primary N) is 1. The normalized spacial score (nSPS) is 12.1. The number of rotatable bonds is 7. The summed E-state index contributed by atoms with van der Waals surface area (Å²) in [7, 11) is 0. The molecule has 21 heavy (non-hydrogen) atoms. The summed E-state index contributed by atoms with van der Waals surface area (Å²) in [6, 6.07) is 16.7. The van der Waals surface area contributed by atoms with Crippen molar-refractivity contribution in [2.45, 2.75) is 25.7 Å². The fourth-order valence-electron chi connectivity index (χ4n) is 2.34. The molecule has 0 radical (unpaired) electrons. The second-order valence-electron chi connectivity index (χ2n) is 5.18. The van der Waals surface area contributed by atoms with Crippen LogP contribution in [-0.2, 0) is 6.42 Å². The predicted molar refractivity (Wildman–Crippen MR) is 91.9 cm³/mol. The van der Waals surface area contributed by atoms with E-state index in [1.165, 1.54) is 11.1 Å². The molecule has 0 aromatic heterocycles. The summed E-state index contributed by atoms with van der Waals surface area (Å²) in [5, 5.41) is 0. The molecule has 1 atom stereocenters. The van der Waals surface area contributed by atoms with E-state index in [0.717, 1.165) is 29.7 Å². The minimum Gasteiger partial charge on any atom is -0.494 e. The summed E-state index contributed by atoms with van der Waals surface area (Å²) in [4.78, 5) is 0. The van der Waals surface area contributed by atoms with Crippen LogP contribution in [0.25, 0.3) is 0 Å². The number of ether oxygens (including phenoxy) is 1. The highest BCUT2D eigenvalue weighted by atomic mass is 79.9. The Morgan fingerprint density at radius 1 is 1.14 bits per heavy atom. The van der Waals surface area contributed by atoms with E-state index in [1.54, 1.807) is 0 Å². The lowest BCUT2D eigenvalue weighted by molar-refractivity contribution is 0.317. The van der Waals surface area contributed by atoms with Crippen molar-refractivity contribution in [3.63, 3.8) is 0 Å². The van der Waals surface area contributed by atoms with Gasteiger partial charge in [0.05, 0.1) is 6.61 Å². The Morgan fingerprint density at radius 3 is 2.57 bits per heavy atom. The molecular weight excluding hydrogens is 326 g/mol. The van der Waals surface area contributed by atoms with Gasteiger partial charge in [0.2, 0.25) is 0 Å². The second-order valence-corrected chi connectivity index (χ2v) is 6.10. The number of halogens is 1. The van der Waals surface area contributed by atoms with Gasteiger partial charge in [-0.25, -0.2) is 0 Å². The van der Waals surface area contributed by atoms with Crippen LogP contribution in [0, 0.1) is 0 Å². The van der Waals surface area contributed by atoms with E-state index in [-0.39, 0.29) is 0 Å². The molecule has 2 nitrogen and oxygen atoms in total. The summed E-state index contributed by atoms with van der Waals surface area (Å²) >= 11 is 3.47. The molecule has 0 bridgehead atoms. The minimum absolute atomic E-state index is 0.333. The maximum absolute atomic E-state index is 5.97. The van der Waals surface area contributed by atoms with Crippen LogP contribution in [0.1, 0.15) is 30.4 Å². The molecule has 1 unspecified atom stereocenters. The Bertz CT molecular complexity index is 553. The van der Waals surface area contributed by atoms with Gasteiger partial charge in [0.25, 0.3) is 0 Å². The van der Waals surface area contributed by atoms with Crippen molar-refractivity contribution in [3.8, 4) is 5.75 Å². The van der Waals surface area contributed by atoms with E-state index in [0.29, 0.717) is 12.5 Å². The van der Waals surface area contributed by atoms with Crippen molar-refractivity contribution in [1.82, 2.24) is 0 Å². The Kier molecular flexibility index (Phi) is 6.27. The van der Waals surface area contributed by atoms with Gasteiger partial charge in [0.1, 0.15) is 5.75 Å². The molecule has 0 heterocycles. The molecule has 2 aromatic rings. The molecule has 2 aromatic carbocycles. The average Bonchev–Trinajstić information content (AvgIpc) is 2.52. The van der Waals surface area contributed by atoms with Gasteiger partial charge in [-0.2, -0.15) is 0 Å². The van der Waals surface area contributed by atoms with E-state index in [1.807, 2.05) is 6.07 Å². The first-order valence-corrected chi connectivity index (χ1v) is 8.19. The van der Waals surface area contributed by atoms with E-state index in [9.17, 15) is 0 Å². The van der Waals surface area contributed by atoms with Crippen molar-refractivity contribution in [1.29, 1.82) is 0 Å². The average molecular weight is 348 g/mol. The highest BCUT2D eigenvalue weighted by molar-refractivity contribution is 9.10. The third-order valence-corrected chi connectivity index (χ3v) is 4.01. The summed E-state index contributed by atoms with van der Waals surface area (Å²) < 4.78 is 6.79. The third kappa shape index (κ3) is 4.87. The topological polar surface area (TPSA) is 35.2 Å². The molecule has 0 aliphatic heterocycles. The van der Waals surface area contributed by atoms with Crippen molar-refractivity contribution < 1.29 is 4.74 Å². The van der Waals surface area contributed by atoms with Crippen LogP contribution >= 0.6 is 15.9 Å². The Labute approximate surface area is 135 Å². The van der Waals surface area contributed by atoms with Crippen LogP contribution in [0.5, 0.6) is 5.75 Å². The Hall–Kier alpha value is -1.32. The lowest BCUT2D eigenvalue weighted by Gasteiger charge is -2.16. The highest BCUT2D eigenvalue weighted by Gasteiger charge is 2.11. The van der Waals surface area contributed by atoms with Crippen LogP contribution in [0.15, 0.2) is 53.0 Å². The summed E-state index contributed by atoms with van der Waals surface area (Å²) in [5.74, 6) is 1.28. The van der Waals surface area contributed by atoms with E-state index in [4.69, 9.17) is 10.5 Å².